The van der Waals surface area contributed by atoms with Crippen molar-refractivity contribution < 1.29 is 5.11 Å². The van der Waals surface area contributed by atoms with Gasteiger partial charge in [0.25, 0.3) is 0 Å². The van der Waals surface area contributed by atoms with Gasteiger partial charge in [0.15, 0.2) is 0 Å². The second-order valence-electron chi connectivity index (χ2n) is 12.2. The average molecular weight is 416 g/mol. The fourth-order valence-electron chi connectivity index (χ4n) is 8.91. The van der Waals surface area contributed by atoms with Crippen LogP contribution in [-0.4, -0.2) is 17.8 Å². The molecule has 3 fully saturated rings. The summed E-state index contributed by atoms with van der Waals surface area (Å²) in [7, 11) is 0. The van der Waals surface area contributed by atoms with E-state index >= 15 is 0 Å². The van der Waals surface area contributed by atoms with Gasteiger partial charge >= 0.3 is 0 Å². The third-order valence-electron chi connectivity index (χ3n) is 10.4. The Morgan fingerprint density at radius 3 is 2.57 bits per heavy atom. The second kappa shape index (κ2) is 8.68. The van der Waals surface area contributed by atoms with Gasteiger partial charge in [0.05, 0.1) is 6.61 Å². The van der Waals surface area contributed by atoms with Gasteiger partial charge in [-0.25, -0.2) is 0 Å². The Hall–Kier alpha value is -0.700. The molecule has 170 valence electrons. The van der Waals surface area contributed by atoms with Crippen LogP contribution in [0.15, 0.2) is 16.8 Å². The molecule has 0 heterocycles. The second-order valence-corrected chi connectivity index (χ2v) is 12.2. The van der Waals surface area contributed by atoms with Crippen molar-refractivity contribution in [3.8, 4) is 0 Å². The predicted molar refractivity (Wildman–Crippen MR) is 124 cm³/mol. The minimum atomic E-state index is -0.160. The van der Waals surface area contributed by atoms with E-state index in [0.29, 0.717) is 11.3 Å². The smallest absolute Gasteiger partial charge is 0.110 e. The largest absolute Gasteiger partial charge is 0.395 e. The van der Waals surface area contributed by atoms with Gasteiger partial charge in [-0.1, -0.05) is 63.8 Å². The lowest BCUT2D eigenvalue weighted by atomic mass is 9.46. The van der Waals surface area contributed by atoms with E-state index in [1.807, 2.05) is 0 Å². The number of aliphatic hydroxyl groups excluding tert-OH is 1. The van der Waals surface area contributed by atoms with Crippen molar-refractivity contribution >= 4 is 0 Å². The highest BCUT2D eigenvalue weighted by atomic mass is 16.3. The van der Waals surface area contributed by atoms with Gasteiger partial charge in [0.2, 0.25) is 0 Å². The minimum absolute atomic E-state index is 0.0492. The fraction of sp³-hybridized carbons (Fsp3) is 0.926. The van der Waals surface area contributed by atoms with Crippen LogP contribution in [0.3, 0.4) is 0 Å². The van der Waals surface area contributed by atoms with Gasteiger partial charge in [-0.2, -0.15) is 4.91 Å². The van der Waals surface area contributed by atoms with Crippen LogP contribution in [0.5, 0.6) is 0 Å². The maximum Gasteiger partial charge on any atom is 0.110 e. The van der Waals surface area contributed by atoms with Crippen LogP contribution in [-0.2, 0) is 0 Å². The zero-order chi connectivity index (χ0) is 21.5. The van der Waals surface area contributed by atoms with E-state index in [1.165, 1.54) is 56.9 Å². The summed E-state index contributed by atoms with van der Waals surface area (Å²) in [6.07, 6.45) is 15.8. The summed E-state index contributed by atoms with van der Waals surface area (Å²) in [5.74, 6) is 4.76. The summed E-state index contributed by atoms with van der Waals surface area (Å²) in [5.41, 5.74) is 1.83. The summed E-state index contributed by atoms with van der Waals surface area (Å²) >= 11 is 0. The first-order valence-corrected chi connectivity index (χ1v) is 13.0. The van der Waals surface area contributed by atoms with Crippen molar-refractivity contribution in [2.45, 2.75) is 104 Å². The molecule has 0 aliphatic heterocycles. The first-order chi connectivity index (χ1) is 14.4. The predicted octanol–water partition coefficient (Wildman–Crippen LogP) is 7.14. The van der Waals surface area contributed by atoms with Gasteiger partial charge < -0.3 is 5.11 Å². The van der Waals surface area contributed by atoms with Gasteiger partial charge in [-0.05, 0) is 92.3 Å². The average Bonchev–Trinajstić information content (AvgIpc) is 3.09. The molecule has 4 aliphatic carbocycles. The standard InChI is InChI=1S/C27H45NO2/c1-18(2)6-5-7-19(3)23-10-11-24-22-9-8-20-16-21(28-30)12-15-27(20,17-29)25(22)13-14-26(23,24)4/h16,18-19,21-25,29H,5-15,17H2,1-4H3/t19-,21?,22+,23-,24+,25+,26-,27-/m1/s1. The molecule has 0 aromatic rings. The number of hydrogen-bond donors (Lipinski definition) is 1. The Morgan fingerprint density at radius 2 is 1.87 bits per heavy atom. The van der Waals surface area contributed by atoms with E-state index in [-0.39, 0.29) is 18.1 Å². The molecule has 3 saturated carbocycles. The molecule has 3 nitrogen and oxygen atoms in total. The van der Waals surface area contributed by atoms with E-state index in [1.54, 1.807) is 0 Å². The molecule has 0 bridgehead atoms. The topological polar surface area (TPSA) is 49.7 Å². The maximum absolute atomic E-state index is 11.2. The van der Waals surface area contributed by atoms with E-state index < -0.39 is 0 Å². The fourth-order valence-corrected chi connectivity index (χ4v) is 8.91. The summed E-state index contributed by atoms with van der Waals surface area (Å²) in [6, 6.07) is -0.160. The molecule has 8 atom stereocenters. The molecule has 0 saturated heterocycles. The van der Waals surface area contributed by atoms with Gasteiger partial charge in [0.1, 0.15) is 6.04 Å². The first-order valence-electron chi connectivity index (χ1n) is 13.0. The highest BCUT2D eigenvalue weighted by molar-refractivity contribution is 5.27. The van der Waals surface area contributed by atoms with Crippen molar-refractivity contribution in [3.63, 3.8) is 0 Å². The molecule has 0 aromatic carbocycles. The molecule has 4 aliphatic rings. The molecule has 0 amide bonds. The van der Waals surface area contributed by atoms with E-state index in [4.69, 9.17) is 0 Å². The lowest BCUT2D eigenvalue weighted by Crippen LogP contribution is -2.53. The first kappa shape index (κ1) is 22.5. The van der Waals surface area contributed by atoms with Crippen molar-refractivity contribution in [2.75, 3.05) is 6.61 Å². The Bertz CT molecular complexity index is 657. The van der Waals surface area contributed by atoms with Crippen molar-refractivity contribution in [1.82, 2.24) is 0 Å². The van der Waals surface area contributed by atoms with Crippen LogP contribution in [0.4, 0.5) is 0 Å². The van der Waals surface area contributed by atoms with Crippen LogP contribution < -0.4 is 0 Å². The number of nitrogens with zero attached hydrogens (tertiary/aromatic N) is 1. The quantitative estimate of drug-likeness (QED) is 0.355. The lowest BCUT2D eigenvalue weighted by molar-refractivity contribution is -0.0807. The zero-order valence-corrected chi connectivity index (χ0v) is 19.9. The molecule has 3 heteroatoms. The summed E-state index contributed by atoms with van der Waals surface area (Å²) in [5, 5.41) is 13.9. The Labute approximate surface area is 184 Å². The third-order valence-corrected chi connectivity index (χ3v) is 10.4. The molecule has 0 spiro atoms. The van der Waals surface area contributed by atoms with Crippen LogP contribution in [0.25, 0.3) is 0 Å². The zero-order valence-electron chi connectivity index (χ0n) is 19.9. The van der Waals surface area contributed by atoms with E-state index in [0.717, 1.165) is 48.9 Å². The molecule has 4 rings (SSSR count). The van der Waals surface area contributed by atoms with Crippen molar-refractivity contribution in [1.29, 1.82) is 0 Å². The molecule has 1 N–H and O–H groups in total. The van der Waals surface area contributed by atoms with Gasteiger partial charge in [0, 0.05) is 5.41 Å². The lowest BCUT2D eigenvalue weighted by Gasteiger charge is -2.59. The number of rotatable bonds is 7. The van der Waals surface area contributed by atoms with Gasteiger partial charge in [-0.3, -0.25) is 0 Å². The summed E-state index contributed by atoms with van der Waals surface area (Å²) in [6.45, 7) is 10.1. The van der Waals surface area contributed by atoms with Gasteiger partial charge in [-0.15, -0.1) is 0 Å². The minimum Gasteiger partial charge on any atom is -0.395 e. The number of hydrogen-bond acceptors (Lipinski definition) is 3. The Balaban J connectivity index is 1.51. The Kier molecular flexibility index (Phi) is 6.51. The molecule has 0 aromatic heterocycles. The van der Waals surface area contributed by atoms with Crippen LogP contribution in [0.2, 0.25) is 0 Å². The molecule has 1 unspecified atom stereocenters. The van der Waals surface area contributed by atoms with Crippen molar-refractivity contribution in [3.05, 3.63) is 16.6 Å². The SMILES string of the molecule is CC(C)CCC[C@@H](C)[C@H]1CC[C@H]2[C@@H]3CCC4=CC(N=O)CC[C@]4(CO)[C@H]3CC[C@]12C. The van der Waals surface area contributed by atoms with E-state index in [2.05, 4.69) is 38.9 Å². The molecular formula is C27H45NO2. The maximum atomic E-state index is 11.2. The van der Waals surface area contributed by atoms with Crippen LogP contribution in [0.1, 0.15) is 98.3 Å². The van der Waals surface area contributed by atoms with Crippen LogP contribution in [0, 0.1) is 51.2 Å². The third kappa shape index (κ3) is 3.61. The normalized spacial score (nSPS) is 44.1. The highest BCUT2D eigenvalue weighted by Crippen LogP contribution is 2.67. The molecule has 30 heavy (non-hydrogen) atoms. The monoisotopic (exact) mass is 415 g/mol. The molecule has 0 radical (unpaired) electrons. The molecular weight excluding hydrogens is 370 g/mol. The number of nitroso groups, excluding NO2 is 1. The van der Waals surface area contributed by atoms with Crippen molar-refractivity contribution in [2.24, 2.45) is 51.5 Å². The highest BCUT2D eigenvalue weighted by Gasteiger charge is 2.60. The number of fused-ring (bicyclic) bond motifs is 5. The summed E-state index contributed by atoms with van der Waals surface area (Å²) < 4.78 is 0. The van der Waals surface area contributed by atoms with E-state index in [9.17, 15) is 10.0 Å². The number of aliphatic hydroxyl groups is 1. The Morgan fingerprint density at radius 1 is 1.07 bits per heavy atom. The summed E-state index contributed by atoms with van der Waals surface area (Å²) in [4.78, 5) is 11.2. The van der Waals surface area contributed by atoms with Crippen LogP contribution >= 0.6 is 0 Å².